The van der Waals surface area contributed by atoms with Crippen LogP contribution >= 0.6 is 11.6 Å². The van der Waals surface area contributed by atoms with Crippen molar-refractivity contribution in [3.63, 3.8) is 0 Å². The van der Waals surface area contributed by atoms with Gasteiger partial charge in [-0.05, 0) is 49.6 Å². The topological polar surface area (TPSA) is 128 Å². The zero-order valence-electron chi connectivity index (χ0n) is 18.6. The second-order valence-electron chi connectivity index (χ2n) is 7.07. The first-order chi connectivity index (χ1) is 15.7. The van der Waals surface area contributed by atoms with Crippen LogP contribution in [0.15, 0.2) is 47.4 Å². The number of methoxy groups -OCH3 is 1. The molecular weight excluding hydrogens is 472 g/mol. The summed E-state index contributed by atoms with van der Waals surface area (Å²) in [6.07, 6.45) is -0.534. The van der Waals surface area contributed by atoms with Crippen molar-refractivity contribution in [3.05, 3.63) is 48.0 Å². The van der Waals surface area contributed by atoms with Gasteiger partial charge < -0.3 is 24.2 Å². The summed E-state index contributed by atoms with van der Waals surface area (Å²) in [6, 6.07) is 11.2. The fraction of sp³-hybridized carbons (Fsp3) is 0.409. The summed E-state index contributed by atoms with van der Waals surface area (Å²) in [7, 11) is -2.68. The Morgan fingerprint density at radius 1 is 1.15 bits per heavy atom. The predicted molar refractivity (Wildman–Crippen MR) is 125 cm³/mol. The highest BCUT2D eigenvalue weighted by Crippen LogP contribution is 2.27. The van der Waals surface area contributed by atoms with Crippen LogP contribution < -0.4 is 19.3 Å². The van der Waals surface area contributed by atoms with Gasteiger partial charge in [0, 0.05) is 11.9 Å². The minimum atomic E-state index is -4.02. The monoisotopic (exact) mass is 500 g/mol. The maximum absolute atomic E-state index is 12.0. The molecule has 2 rings (SSSR count). The average molecular weight is 501 g/mol. The zero-order valence-corrected chi connectivity index (χ0v) is 20.1. The first-order valence-corrected chi connectivity index (χ1v) is 12.4. The summed E-state index contributed by atoms with van der Waals surface area (Å²) in [5.41, 5.74) is 0.587. The van der Waals surface area contributed by atoms with E-state index in [-0.39, 0.29) is 36.1 Å². The number of carbonyl (C=O) groups is 1. The molecule has 2 aromatic rings. The molecule has 1 amide bonds. The van der Waals surface area contributed by atoms with Crippen LogP contribution in [0.25, 0.3) is 0 Å². The number of sulfonamides is 1. The zero-order chi connectivity index (χ0) is 24.4. The molecule has 0 unspecified atom stereocenters. The molecule has 0 heterocycles. The summed E-state index contributed by atoms with van der Waals surface area (Å²) in [4.78, 5) is 13.1. The van der Waals surface area contributed by atoms with Crippen molar-refractivity contribution in [1.29, 1.82) is 0 Å². The summed E-state index contributed by atoms with van der Waals surface area (Å²) < 4.78 is 40.2. The van der Waals surface area contributed by atoms with E-state index in [0.717, 1.165) is 0 Å². The van der Waals surface area contributed by atoms with E-state index in [1.807, 2.05) is 13.0 Å². The van der Waals surface area contributed by atoms with Gasteiger partial charge in [-0.15, -0.1) is 11.6 Å². The van der Waals surface area contributed by atoms with Crippen LogP contribution in [0.1, 0.15) is 18.9 Å². The van der Waals surface area contributed by atoms with E-state index >= 15 is 0 Å². The smallest absolute Gasteiger partial charge is 0.407 e. The molecule has 182 valence electrons. The molecule has 0 saturated heterocycles. The highest BCUT2D eigenvalue weighted by molar-refractivity contribution is 7.89. The van der Waals surface area contributed by atoms with Crippen LogP contribution in [0.5, 0.6) is 17.2 Å². The van der Waals surface area contributed by atoms with Gasteiger partial charge in [-0.25, -0.2) is 18.4 Å². The third kappa shape index (κ3) is 7.69. The number of para-hydroxylation sites is 2. The van der Waals surface area contributed by atoms with Crippen molar-refractivity contribution in [2.24, 2.45) is 5.14 Å². The van der Waals surface area contributed by atoms with Crippen LogP contribution in [0, 0.1) is 0 Å². The Kier molecular flexibility index (Phi) is 10.1. The van der Waals surface area contributed by atoms with Crippen molar-refractivity contribution in [3.8, 4) is 17.2 Å². The first kappa shape index (κ1) is 26.6. The van der Waals surface area contributed by atoms with E-state index in [9.17, 15) is 18.3 Å². The number of benzene rings is 2. The lowest BCUT2D eigenvalue weighted by atomic mass is 10.0. The van der Waals surface area contributed by atoms with Gasteiger partial charge in [0.15, 0.2) is 11.5 Å². The van der Waals surface area contributed by atoms with E-state index in [4.69, 9.17) is 31.0 Å². The van der Waals surface area contributed by atoms with Crippen molar-refractivity contribution in [2.75, 3.05) is 32.7 Å². The molecule has 0 radical (unpaired) electrons. The summed E-state index contributed by atoms with van der Waals surface area (Å²) in [5, 5.41) is 15.1. The molecule has 2 aromatic carbocycles. The highest BCUT2D eigenvalue weighted by Gasteiger charge is 2.25. The van der Waals surface area contributed by atoms with Crippen molar-refractivity contribution in [1.82, 2.24) is 4.90 Å². The molecule has 33 heavy (non-hydrogen) atoms. The molecule has 0 aliphatic rings. The van der Waals surface area contributed by atoms with Crippen LogP contribution in [-0.2, 0) is 16.4 Å². The van der Waals surface area contributed by atoms with Crippen molar-refractivity contribution in [2.45, 2.75) is 30.7 Å². The lowest BCUT2D eigenvalue weighted by molar-refractivity contribution is 0.111. The van der Waals surface area contributed by atoms with E-state index in [1.54, 1.807) is 24.3 Å². The number of carboxylic acid groups (broad SMARTS) is 1. The molecule has 0 fully saturated rings. The number of ether oxygens (including phenoxy) is 3. The molecule has 0 aliphatic heterocycles. The number of nitrogens with zero attached hydrogens (tertiary/aromatic N) is 1. The maximum atomic E-state index is 12.0. The largest absolute Gasteiger partial charge is 0.495 e. The minimum absolute atomic E-state index is 0.0789. The van der Waals surface area contributed by atoms with Crippen LogP contribution in [-0.4, -0.2) is 63.3 Å². The maximum Gasteiger partial charge on any atom is 0.407 e. The number of hydrogen-bond acceptors (Lipinski definition) is 6. The van der Waals surface area contributed by atoms with Gasteiger partial charge in [-0.2, -0.15) is 0 Å². The van der Waals surface area contributed by atoms with E-state index in [2.05, 4.69) is 0 Å². The summed E-state index contributed by atoms with van der Waals surface area (Å²) in [5.74, 6) is 1.44. The highest BCUT2D eigenvalue weighted by atomic mass is 35.5. The van der Waals surface area contributed by atoms with Crippen LogP contribution in [0.4, 0.5) is 4.79 Å². The van der Waals surface area contributed by atoms with E-state index in [1.165, 1.54) is 24.1 Å². The second-order valence-corrected chi connectivity index (χ2v) is 8.98. The van der Waals surface area contributed by atoms with Crippen molar-refractivity contribution < 1.29 is 32.5 Å². The Morgan fingerprint density at radius 3 is 2.36 bits per heavy atom. The van der Waals surface area contributed by atoms with Gasteiger partial charge in [-0.3, -0.25) is 0 Å². The van der Waals surface area contributed by atoms with Gasteiger partial charge in [0.05, 0.1) is 20.3 Å². The van der Waals surface area contributed by atoms with Gasteiger partial charge in [0.1, 0.15) is 17.3 Å². The SMILES string of the molecule is CCOc1ccccc1OCCN(C(=O)O)[C@H](CCCl)Cc1ccc(OC)c(S(N)(=O)=O)c1. The molecule has 1 atom stereocenters. The average Bonchev–Trinajstić information content (AvgIpc) is 2.77. The number of rotatable bonds is 13. The molecule has 9 nitrogen and oxygen atoms in total. The van der Waals surface area contributed by atoms with E-state index < -0.39 is 22.2 Å². The third-order valence-corrected chi connectivity index (χ3v) is 6.02. The Hall–Kier alpha value is -2.69. The Labute approximate surface area is 199 Å². The minimum Gasteiger partial charge on any atom is -0.495 e. The Balaban J connectivity index is 2.18. The Bertz CT molecular complexity index is 1030. The standard InChI is InChI=1S/C22H29ClN2O7S/c1-3-31-18-6-4-5-7-19(18)32-13-12-25(22(26)27)17(10-11-23)14-16-8-9-20(30-2)21(15-16)33(24,28)29/h4-9,15,17H,3,10-14H2,1-2H3,(H,26,27)(H2,24,28,29)/t17-/m1/s1. The first-order valence-electron chi connectivity index (χ1n) is 10.3. The molecule has 0 aliphatic carbocycles. The van der Waals surface area contributed by atoms with Gasteiger partial charge >= 0.3 is 6.09 Å². The molecule has 0 bridgehead atoms. The van der Waals surface area contributed by atoms with Gasteiger partial charge in [0.2, 0.25) is 10.0 Å². The fourth-order valence-electron chi connectivity index (χ4n) is 3.37. The van der Waals surface area contributed by atoms with E-state index in [0.29, 0.717) is 30.1 Å². The van der Waals surface area contributed by atoms with Crippen LogP contribution in [0.3, 0.4) is 0 Å². The van der Waals surface area contributed by atoms with Gasteiger partial charge in [0.25, 0.3) is 0 Å². The lowest BCUT2D eigenvalue weighted by Crippen LogP contribution is -2.43. The molecular formula is C22H29ClN2O7S. The predicted octanol–water partition coefficient (Wildman–Crippen LogP) is 3.34. The Morgan fingerprint density at radius 2 is 1.82 bits per heavy atom. The number of alkyl halides is 1. The second kappa shape index (κ2) is 12.5. The number of hydrogen-bond donors (Lipinski definition) is 2. The van der Waals surface area contributed by atoms with Crippen molar-refractivity contribution >= 4 is 27.7 Å². The summed E-state index contributed by atoms with van der Waals surface area (Å²) >= 11 is 5.94. The number of nitrogens with two attached hydrogens (primary N) is 1. The quantitative estimate of drug-likeness (QED) is 0.403. The molecule has 0 saturated carbocycles. The normalized spacial score (nSPS) is 12.1. The lowest BCUT2D eigenvalue weighted by Gasteiger charge is -2.29. The molecule has 11 heteroatoms. The molecule has 3 N–H and O–H groups in total. The number of halogens is 1. The number of amides is 1. The number of primary sulfonamides is 1. The summed E-state index contributed by atoms with van der Waals surface area (Å²) in [6.45, 7) is 2.51. The van der Waals surface area contributed by atoms with Crippen LogP contribution in [0.2, 0.25) is 0 Å². The molecule has 0 spiro atoms. The fourth-order valence-corrected chi connectivity index (χ4v) is 4.37. The molecule has 0 aromatic heterocycles. The van der Waals surface area contributed by atoms with Gasteiger partial charge in [-0.1, -0.05) is 18.2 Å². The third-order valence-electron chi connectivity index (χ3n) is 4.87.